The molecule has 3 aromatic carbocycles. The van der Waals surface area contributed by atoms with Crippen LogP contribution in [0, 0.1) is 5.82 Å². The van der Waals surface area contributed by atoms with Crippen molar-refractivity contribution in [2.75, 3.05) is 20.2 Å². The molecule has 1 N–H and O–H groups in total. The number of aliphatic hydroxyl groups excluding tert-OH is 1. The predicted molar refractivity (Wildman–Crippen MR) is 127 cm³/mol. The highest BCUT2D eigenvalue weighted by Gasteiger charge is 2.26. The number of hydrogen-bond acceptors (Lipinski definition) is 5. The summed E-state index contributed by atoms with van der Waals surface area (Å²) in [5.74, 6) is 0.531. The van der Waals surface area contributed by atoms with E-state index in [4.69, 9.17) is 9.57 Å². The largest absolute Gasteiger partial charge is 0.497 e. The first-order valence-electron chi connectivity index (χ1n) is 11.1. The average molecular weight is 449 g/mol. The van der Waals surface area contributed by atoms with Gasteiger partial charge in [-0.2, -0.15) is 0 Å². The van der Waals surface area contributed by atoms with Gasteiger partial charge in [0.05, 0.1) is 18.9 Å². The average Bonchev–Trinajstić information content (AvgIpc) is 3.28. The minimum absolute atomic E-state index is 0.139. The predicted octanol–water partition coefficient (Wildman–Crippen LogP) is 4.43. The highest BCUT2D eigenvalue weighted by Crippen LogP contribution is 2.20. The van der Waals surface area contributed by atoms with Gasteiger partial charge in [-0.05, 0) is 47.4 Å². The van der Waals surface area contributed by atoms with Gasteiger partial charge in [-0.1, -0.05) is 59.8 Å². The second-order valence-electron chi connectivity index (χ2n) is 8.37. The van der Waals surface area contributed by atoms with Gasteiger partial charge < -0.3 is 14.7 Å². The molecule has 0 aliphatic carbocycles. The Balaban J connectivity index is 1.42. The van der Waals surface area contributed by atoms with E-state index < -0.39 is 6.10 Å². The summed E-state index contributed by atoms with van der Waals surface area (Å²) in [6.07, 6.45) is 0.560. The fraction of sp³-hybridized carbons (Fsp3) is 0.296. The first kappa shape index (κ1) is 23.0. The molecule has 33 heavy (non-hydrogen) atoms. The van der Waals surface area contributed by atoms with Crippen LogP contribution in [0.1, 0.15) is 23.1 Å². The summed E-state index contributed by atoms with van der Waals surface area (Å²) in [4.78, 5) is 7.90. The van der Waals surface area contributed by atoms with E-state index in [1.807, 2.05) is 48.5 Å². The molecule has 0 bridgehead atoms. The number of benzene rings is 3. The fourth-order valence-corrected chi connectivity index (χ4v) is 4.11. The van der Waals surface area contributed by atoms with Crippen LogP contribution in [-0.2, 0) is 17.8 Å². The molecule has 1 heterocycles. The van der Waals surface area contributed by atoms with Crippen LogP contribution in [0.3, 0.4) is 0 Å². The first-order valence-corrected chi connectivity index (χ1v) is 11.1. The van der Waals surface area contributed by atoms with Crippen molar-refractivity contribution in [1.82, 2.24) is 4.90 Å². The number of aliphatic hydroxyl groups is 1. The number of rotatable bonds is 10. The number of oxime groups is 1. The molecule has 5 nitrogen and oxygen atoms in total. The van der Waals surface area contributed by atoms with Gasteiger partial charge in [0.15, 0.2) is 0 Å². The third kappa shape index (κ3) is 6.63. The van der Waals surface area contributed by atoms with E-state index in [1.54, 1.807) is 19.2 Å². The molecule has 1 aliphatic heterocycles. The highest BCUT2D eigenvalue weighted by atomic mass is 19.1. The molecule has 2 atom stereocenters. The molecule has 6 heteroatoms. The Kier molecular flexibility index (Phi) is 7.70. The number of methoxy groups -OCH3 is 1. The van der Waals surface area contributed by atoms with Gasteiger partial charge in [0, 0.05) is 26.1 Å². The van der Waals surface area contributed by atoms with Crippen LogP contribution in [0.15, 0.2) is 84.0 Å². The van der Waals surface area contributed by atoms with Crippen molar-refractivity contribution in [2.24, 2.45) is 5.16 Å². The van der Waals surface area contributed by atoms with E-state index in [0.717, 1.165) is 28.2 Å². The molecule has 0 saturated heterocycles. The third-order valence-electron chi connectivity index (χ3n) is 5.70. The Morgan fingerprint density at radius 3 is 2.58 bits per heavy atom. The van der Waals surface area contributed by atoms with Gasteiger partial charge in [-0.15, -0.1) is 0 Å². The lowest BCUT2D eigenvalue weighted by Crippen LogP contribution is -2.38. The smallest absolute Gasteiger partial charge is 0.145 e. The maximum Gasteiger partial charge on any atom is 0.145 e. The third-order valence-corrected chi connectivity index (χ3v) is 5.70. The fourth-order valence-electron chi connectivity index (χ4n) is 4.11. The Bertz CT molecular complexity index is 1060. The van der Waals surface area contributed by atoms with Crippen LogP contribution >= 0.6 is 0 Å². The summed E-state index contributed by atoms with van der Waals surface area (Å²) >= 11 is 0. The number of ether oxygens (including phenoxy) is 1. The van der Waals surface area contributed by atoms with Gasteiger partial charge in [0.25, 0.3) is 0 Å². The molecule has 0 amide bonds. The molecule has 0 unspecified atom stereocenters. The van der Waals surface area contributed by atoms with E-state index in [2.05, 4.69) is 16.1 Å². The molecular formula is C27H29FN2O3. The lowest BCUT2D eigenvalue weighted by molar-refractivity contribution is 0.0322. The quantitative estimate of drug-likeness (QED) is 0.499. The van der Waals surface area contributed by atoms with Gasteiger partial charge in [-0.3, -0.25) is 4.90 Å². The molecule has 0 spiro atoms. The molecular weight excluding hydrogens is 419 g/mol. The maximum atomic E-state index is 13.3. The van der Waals surface area contributed by atoms with Gasteiger partial charge in [0.1, 0.15) is 17.7 Å². The highest BCUT2D eigenvalue weighted by molar-refractivity contribution is 6.01. The molecule has 4 rings (SSSR count). The van der Waals surface area contributed by atoms with Crippen molar-refractivity contribution in [1.29, 1.82) is 0 Å². The topological polar surface area (TPSA) is 54.3 Å². The molecule has 0 fully saturated rings. The van der Waals surface area contributed by atoms with Gasteiger partial charge >= 0.3 is 0 Å². The van der Waals surface area contributed by atoms with Crippen molar-refractivity contribution in [2.45, 2.75) is 31.6 Å². The van der Waals surface area contributed by atoms with Crippen LogP contribution < -0.4 is 4.74 Å². The number of halogens is 1. The molecule has 3 aromatic rings. The zero-order valence-electron chi connectivity index (χ0n) is 18.7. The Morgan fingerprint density at radius 1 is 1.06 bits per heavy atom. The van der Waals surface area contributed by atoms with Gasteiger partial charge in [0.2, 0.25) is 0 Å². The van der Waals surface area contributed by atoms with Crippen LogP contribution in [-0.4, -0.2) is 48.1 Å². The van der Waals surface area contributed by atoms with E-state index in [1.165, 1.54) is 12.1 Å². The Labute approximate surface area is 194 Å². The lowest BCUT2D eigenvalue weighted by Gasteiger charge is -2.27. The van der Waals surface area contributed by atoms with E-state index in [-0.39, 0.29) is 11.9 Å². The molecule has 1 aliphatic rings. The summed E-state index contributed by atoms with van der Waals surface area (Å²) in [7, 11) is 1.65. The van der Waals surface area contributed by atoms with Crippen molar-refractivity contribution in [3.05, 3.63) is 101 Å². The van der Waals surface area contributed by atoms with E-state index >= 15 is 0 Å². The molecule has 172 valence electrons. The minimum atomic E-state index is -0.517. The second kappa shape index (κ2) is 11.1. The van der Waals surface area contributed by atoms with Crippen molar-refractivity contribution >= 4 is 5.71 Å². The van der Waals surface area contributed by atoms with Crippen LogP contribution in [0.4, 0.5) is 4.39 Å². The monoisotopic (exact) mass is 448 g/mol. The summed E-state index contributed by atoms with van der Waals surface area (Å²) in [5, 5.41) is 15.0. The summed E-state index contributed by atoms with van der Waals surface area (Å²) in [6.45, 7) is 1.75. The Morgan fingerprint density at radius 2 is 1.82 bits per heavy atom. The van der Waals surface area contributed by atoms with Crippen LogP contribution in [0.25, 0.3) is 0 Å². The molecule has 0 aromatic heterocycles. The van der Waals surface area contributed by atoms with Crippen molar-refractivity contribution in [3.63, 3.8) is 0 Å². The summed E-state index contributed by atoms with van der Waals surface area (Å²) < 4.78 is 18.6. The van der Waals surface area contributed by atoms with Crippen LogP contribution in [0.2, 0.25) is 0 Å². The maximum absolute atomic E-state index is 13.3. The first-order chi connectivity index (χ1) is 16.1. The zero-order chi connectivity index (χ0) is 23.0. The van der Waals surface area contributed by atoms with Crippen molar-refractivity contribution in [3.8, 4) is 5.75 Å². The van der Waals surface area contributed by atoms with Gasteiger partial charge in [-0.25, -0.2) is 4.39 Å². The number of nitrogens with zero attached hydrogens (tertiary/aromatic N) is 2. The second-order valence-corrected chi connectivity index (χ2v) is 8.37. The lowest BCUT2D eigenvalue weighted by atomic mass is 10.0. The normalized spacial score (nSPS) is 16.4. The molecule has 0 saturated carbocycles. The minimum Gasteiger partial charge on any atom is -0.497 e. The van der Waals surface area contributed by atoms with Crippen molar-refractivity contribution < 1.29 is 19.1 Å². The Hall–Kier alpha value is -3.22. The SMILES string of the molecule is COc1cccc(CN(C[C@H](O)Cc2ccccc2)C[C@@H]2CC(c3ccc(F)cc3)=NO2)c1. The summed E-state index contributed by atoms with van der Waals surface area (Å²) in [5.41, 5.74) is 3.87. The molecule has 0 radical (unpaired) electrons. The van der Waals surface area contributed by atoms with E-state index in [0.29, 0.717) is 32.5 Å². The zero-order valence-corrected chi connectivity index (χ0v) is 18.7. The standard InChI is InChI=1S/C27H29FN2O3/c1-32-25-9-5-8-21(15-25)17-30(18-24(31)14-20-6-3-2-4-7-20)19-26-16-27(29-33-26)22-10-12-23(28)13-11-22/h2-13,15,24,26,31H,14,16-19H2,1H3/t24-,26+/m1/s1. The van der Waals surface area contributed by atoms with Crippen LogP contribution in [0.5, 0.6) is 5.75 Å². The van der Waals surface area contributed by atoms with E-state index in [9.17, 15) is 9.50 Å². The number of hydrogen-bond donors (Lipinski definition) is 1. The summed E-state index contributed by atoms with van der Waals surface area (Å²) in [6, 6.07) is 24.2.